The molecule has 1 saturated heterocycles. The molecule has 9 nitrogen and oxygen atoms in total. The molecular weight excluding hydrogens is 503 g/mol. The molecule has 2 aliphatic rings. The fraction of sp³-hybridized carbons (Fsp3) is 0.333. The molecule has 11 heteroatoms. The molecule has 38 heavy (non-hydrogen) atoms. The van der Waals surface area contributed by atoms with Gasteiger partial charge in [0.1, 0.15) is 6.54 Å². The molecule has 2 aromatic carbocycles. The molecule has 3 N–H and O–H groups in total. The maximum Gasteiger partial charge on any atom is 0.254 e. The molecule has 0 aliphatic carbocycles. The first-order valence-electron chi connectivity index (χ1n) is 12.6. The van der Waals surface area contributed by atoms with Crippen molar-refractivity contribution in [3.05, 3.63) is 76.4 Å². The maximum absolute atomic E-state index is 13.2. The van der Waals surface area contributed by atoms with Crippen molar-refractivity contribution < 1.29 is 14.3 Å². The van der Waals surface area contributed by atoms with E-state index < -0.39 is 0 Å². The van der Waals surface area contributed by atoms with Gasteiger partial charge in [0.05, 0.1) is 23.0 Å². The first kappa shape index (κ1) is 26.2. The van der Waals surface area contributed by atoms with Crippen molar-refractivity contribution in [2.24, 2.45) is 0 Å². The molecular formula is C27H28BClN6O3. The van der Waals surface area contributed by atoms with Crippen LogP contribution in [-0.2, 0) is 16.1 Å². The van der Waals surface area contributed by atoms with E-state index in [1.54, 1.807) is 12.3 Å². The fourth-order valence-corrected chi connectivity index (χ4v) is 4.97. The van der Waals surface area contributed by atoms with E-state index in [0.717, 1.165) is 24.0 Å². The van der Waals surface area contributed by atoms with E-state index in [2.05, 4.69) is 25.8 Å². The van der Waals surface area contributed by atoms with Crippen molar-refractivity contribution in [2.75, 3.05) is 31.6 Å². The number of carbonyl (C=O) groups is 2. The zero-order valence-corrected chi connectivity index (χ0v) is 21.6. The molecule has 1 fully saturated rings. The van der Waals surface area contributed by atoms with Crippen LogP contribution in [0.2, 0.25) is 5.02 Å². The average molecular weight is 531 g/mol. The lowest BCUT2D eigenvalue weighted by Gasteiger charge is -2.23. The predicted octanol–water partition coefficient (Wildman–Crippen LogP) is 2.87. The number of halogens is 1. The van der Waals surface area contributed by atoms with Crippen molar-refractivity contribution in [1.29, 1.82) is 0 Å². The lowest BCUT2D eigenvalue weighted by molar-refractivity contribution is -0.122. The van der Waals surface area contributed by atoms with E-state index >= 15 is 0 Å². The fourth-order valence-electron chi connectivity index (χ4n) is 4.77. The van der Waals surface area contributed by atoms with Gasteiger partial charge in [-0.15, -0.1) is 0 Å². The predicted molar refractivity (Wildman–Crippen MR) is 146 cm³/mol. The Balaban J connectivity index is 1.28. The number of amides is 2. The minimum Gasteiger partial charge on any atom is -0.381 e. The van der Waals surface area contributed by atoms with Gasteiger partial charge in [-0.2, -0.15) is 0 Å². The van der Waals surface area contributed by atoms with Crippen LogP contribution < -0.4 is 15.9 Å². The molecule has 0 unspecified atom stereocenters. The van der Waals surface area contributed by atoms with Crippen molar-refractivity contribution in [2.45, 2.75) is 31.5 Å². The molecule has 2 amide bonds. The molecule has 1 atom stereocenters. The number of benzene rings is 2. The van der Waals surface area contributed by atoms with E-state index in [9.17, 15) is 9.59 Å². The van der Waals surface area contributed by atoms with E-state index in [4.69, 9.17) is 24.3 Å². The van der Waals surface area contributed by atoms with E-state index in [0.29, 0.717) is 54.1 Å². The Labute approximate surface area is 227 Å². The molecule has 0 saturated carbocycles. The van der Waals surface area contributed by atoms with Gasteiger partial charge < -0.3 is 25.5 Å². The van der Waals surface area contributed by atoms with Crippen LogP contribution in [0.5, 0.6) is 0 Å². The van der Waals surface area contributed by atoms with Crippen LogP contribution >= 0.6 is 11.6 Å². The second-order valence-electron chi connectivity index (χ2n) is 9.39. The van der Waals surface area contributed by atoms with Crippen molar-refractivity contribution >= 4 is 37.3 Å². The maximum atomic E-state index is 13.2. The monoisotopic (exact) mass is 530 g/mol. The Morgan fingerprint density at radius 1 is 1.18 bits per heavy atom. The number of carbonyl (C=O) groups excluding carboxylic acids is 2. The summed E-state index contributed by atoms with van der Waals surface area (Å²) in [7, 11) is 5.52. The highest BCUT2D eigenvalue weighted by atomic mass is 35.5. The van der Waals surface area contributed by atoms with Gasteiger partial charge >= 0.3 is 0 Å². The lowest BCUT2D eigenvalue weighted by atomic mass is 10.0. The quantitative estimate of drug-likeness (QED) is 0.365. The SMILES string of the molecule is [B]NC[C@@H](NC(=O)CN1Cc2ccc(-c3nc(NC4CCOCC4)ncc3Cl)cc2C1=O)c1ccccc1. The van der Waals surface area contributed by atoms with Gasteiger partial charge in [0.15, 0.2) is 7.98 Å². The number of nitrogens with zero attached hydrogens (tertiary/aromatic N) is 3. The van der Waals surface area contributed by atoms with Crippen LogP contribution in [0.1, 0.15) is 40.4 Å². The normalized spacial score (nSPS) is 16.2. The minimum absolute atomic E-state index is 0.0653. The third-order valence-electron chi connectivity index (χ3n) is 6.75. The van der Waals surface area contributed by atoms with Crippen LogP contribution in [0, 0.1) is 0 Å². The summed E-state index contributed by atoms with van der Waals surface area (Å²) in [5.74, 6) is 0.00969. The van der Waals surface area contributed by atoms with E-state index in [1.165, 1.54) is 4.90 Å². The van der Waals surface area contributed by atoms with Gasteiger partial charge in [-0.25, -0.2) is 9.97 Å². The number of anilines is 1. The Morgan fingerprint density at radius 2 is 1.97 bits per heavy atom. The van der Waals surface area contributed by atoms with Gasteiger partial charge in [0.2, 0.25) is 11.9 Å². The number of aromatic nitrogens is 2. The Hall–Kier alpha value is -3.47. The van der Waals surface area contributed by atoms with Crippen LogP contribution in [0.3, 0.4) is 0 Å². The van der Waals surface area contributed by atoms with Gasteiger partial charge in [-0.3, -0.25) is 9.59 Å². The molecule has 2 aliphatic heterocycles. The topological polar surface area (TPSA) is 108 Å². The van der Waals surface area contributed by atoms with Gasteiger partial charge in [-0.05, 0) is 30.0 Å². The summed E-state index contributed by atoms with van der Waals surface area (Å²) in [5, 5.41) is 9.33. The molecule has 0 spiro atoms. The molecule has 3 aromatic rings. The second kappa shape index (κ2) is 11.9. The number of ether oxygens (including phenoxy) is 1. The lowest BCUT2D eigenvalue weighted by Crippen LogP contribution is -2.41. The number of rotatable bonds is 9. The summed E-state index contributed by atoms with van der Waals surface area (Å²) in [5.41, 5.74) is 3.56. The number of hydrogen-bond acceptors (Lipinski definition) is 7. The Kier molecular flexibility index (Phi) is 8.22. The minimum atomic E-state index is -0.316. The molecule has 2 radical (unpaired) electrons. The van der Waals surface area contributed by atoms with Crippen molar-refractivity contribution in [3.63, 3.8) is 0 Å². The number of hydrogen-bond donors (Lipinski definition) is 3. The summed E-state index contributed by atoms with van der Waals surface area (Å²) in [6.07, 6.45) is 3.33. The Bertz CT molecular complexity index is 1310. The molecule has 0 bridgehead atoms. The standard InChI is InChI=1S/C27H28BClN6O3/c28-31-14-23(17-4-2-1-3-5-17)33-24(36)16-35-15-19-7-6-18(12-21(19)26(35)37)25-22(29)13-30-27(34-25)32-20-8-10-38-11-9-20/h1-7,12-13,20,23,31H,8-11,14-16H2,(H,33,36)(H,30,32,34)/t23-/m1/s1. The highest BCUT2D eigenvalue weighted by Crippen LogP contribution is 2.31. The first-order valence-corrected chi connectivity index (χ1v) is 13.0. The van der Waals surface area contributed by atoms with Gasteiger partial charge in [0, 0.05) is 43.5 Å². The first-order chi connectivity index (χ1) is 18.5. The van der Waals surface area contributed by atoms with Gasteiger partial charge in [-0.1, -0.05) is 54.1 Å². The molecule has 5 rings (SSSR count). The molecule has 1 aromatic heterocycles. The summed E-state index contributed by atoms with van der Waals surface area (Å²) in [6, 6.07) is 15.0. The van der Waals surface area contributed by atoms with Crippen LogP contribution in [0.25, 0.3) is 11.3 Å². The summed E-state index contributed by atoms with van der Waals surface area (Å²) in [6.45, 7) is 2.05. The number of fused-ring (bicyclic) bond motifs is 1. The van der Waals surface area contributed by atoms with E-state index in [-0.39, 0.29) is 30.4 Å². The molecule has 3 heterocycles. The zero-order valence-electron chi connectivity index (χ0n) is 20.8. The van der Waals surface area contributed by atoms with Crippen LogP contribution in [0.15, 0.2) is 54.7 Å². The number of nitrogens with one attached hydrogen (secondary N) is 3. The summed E-state index contributed by atoms with van der Waals surface area (Å²) < 4.78 is 5.41. The average Bonchev–Trinajstić information content (AvgIpc) is 3.24. The van der Waals surface area contributed by atoms with Gasteiger partial charge in [0.25, 0.3) is 5.91 Å². The zero-order chi connectivity index (χ0) is 26.5. The Morgan fingerprint density at radius 3 is 2.74 bits per heavy atom. The van der Waals surface area contributed by atoms with Crippen LogP contribution in [0.4, 0.5) is 5.95 Å². The molecule has 194 valence electrons. The summed E-state index contributed by atoms with van der Waals surface area (Å²) >= 11 is 6.45. The smallest absolute Gasteiger partial charge is 0.254 e. The highest BCUT2D eigenvalue weighted by Gasteiger charge is 2.30. The van der Waals surface area contributed by atoms with Crippen molar-refractivity contribution in [1.82, 2.24) is 25.4 Å². The third-order valence-corrected chi connectivity index (χ3v) is 7.03. The van der Waals surface area contributed by atoms with Crippen LogP contribution in [-0.4, -0.2) is 67.0 Å². The largest absolute Gasteiger partial charge is 0.381 e. The highest BCUT2D eigenvalue weighted by molar-refractivity contribution is 6.33. The van der Waals surface area contributed by atoms with E-state index in [1.807, 2.05) is 42.5 Å². The van der Waals surface area contributed by atoms with Crippen molar-refractivity contribution in [3.8, 4) is 11.3 Å². The summed E-state index contributed by atoms with van der Waals surface area (Å²) in [4.78, 5) is 36.6. The second-order valence-corrected chi connectivity index (χ2v) is 9.80. The third kappa shape index (κ3) is 5.98.